The minimum Gasteiger partial charge on any atom is -0.347 e. The van der Waals surface area contributed by atoms with Gasteiger partial charge in [-0.05, 0) is 30.8 Å². The van der Waals surface area contributed by atoms with Gasteiger partial charge in [-0.25, -0.2) is 4.79 Å². The standard InChI is InChI=1S/C16H25N3O6S/c1-10(2)8-12(16(24)25-19-13(21)4-5-14(19)22)18-15(23)11(17-9-20)6-7-26-3/h9-12H,4-8H2,1-3H3,(H,17,20)(H,18,23)/t11-,12-/m0/s1. The molecule has 0 aromatic rings. The molecule has 0 bridgehead atoms. The highest BCUT2D eigenvalue weighted by atomic mass is 32.2. The van der Waals surface area contributed by atoms with Crippen LogP contribution in [0.15, 0.2) is 0 Å². The van der Waals surface area contributed by atoms with Crippen LogP contribution in [0, 0.1) is 5.92 Å². The predicted octanol–water partition coefficient (Wildman–Crippen LogP) is -0.00780. The van der Waals surface area contributed by atoms with Gasteiger partial charge in [0.15, 0.2) is 0 Å². The Labute approximate surface area is 156 Å². The molecule has 4 amide bonds. The van der Waals surface area contributed by atoms with E-state index in [9.17, 15) is 24.0 Å². The smallest absolute Gasteiger partial charge is 0.347 e. The number of amides is 4. The minimum absolute atomic E-state index is 0.00661. The zero-order valence-electron chi connectivity index (χ0n) is 15.1. The van der Waals surface area contributed by atoms with Gasteiger partial charge in [0.05, 0.1) is 0 Å². The summed E-state index contributed by atoms with van der Waals surface area (Å²) >= 11 is 1.52. The van der Waals surface area contributed by atoms with E-state index in [1.807, 2.05) is 20.1 Å². The van der Waals surface area contributed by atoms with Crippen LogP contribution >= 0.6 is 11.8 Å². The molecule has 1 saturated heterocycles. The Hall–Kier alpha value is -2.10. The van der Waals surface area contributed by atoms with Crippen molar-refractivity contribution in [2.24, 2.45) is 5.92 Å². The fourth-order valence-corrected chi connectivity index (χ4v) is 2.85. The fraction of sp³-hybridized carbons (Fsp3) is 0.688. The Kier molecular flexibility index (Phi) is 9.11. The van der Waals surface area contributed by atoms with Gasteiger partial charge < -0.3 is 15.5 Å². The molecule has 0 saturated carbocycles. The van der Waals surface area contributed by atoms with Gasteiger partial charge >= 0.3 is 5.97 Å². The van der Waals surface area contributed by atoms with Gasteiger partial charge in [-0.2, -0.15) is 11.8 Å². The second-order valence-electron chi connectivity index (χ2n) is 6.30. The molecule has 0 aromatic carbocycles. The number of nitrogens with one attached hydrogen (secondary N) is 2. The average Bonchev–Trinajstić information content (AvgIpc) is 2.89. The Bertz CT molecular complexity index is 538. The number of carbonyl (C=O) groups excluding carboxylic acids is 5. The summed E-state index contributed by atoms with van der Waals surface area (Å²) in [5.41, 5.74) is 0. The molecule has 9 nitrogen and oxygen atoms in total. The first-order valence-corrected chi connectivity index (χ1v) is 9.76. The molecule has 0 radical (unpaired) electrons. The Morgan fingerprint density at radius 3 is 2.35 bits per heavy atom. The quantitative estimate of drug-likeness (QED) is 0.378. The van der Waals surface area contributed by atoms with Crippen LogP contribution in [0.5, 0.6) is 0 Å². The van der Waals surface area contributed by atoms with Crippen molar-refractivity contribution in [2.75, 3.05) is 12.0 Å². The van der Waals surface area contributed by atoms with Crippen molar-refractivity contribution in [3.05, 3.63) is 0 Å². The first-order chi connectivity index (χ1) is 12.3. The molecular weight excluding hydrogens is 362 g/mol. The summed E-state index contributed by atoms with van der Waals surface area (Å²) in [6, 6.07) is -1.81. The first-order valence-electron chi connectivity index (χ1n) is 8.36. The summed E-state index contributed by atoms with van der Waals surface area (Å²) in [7, 11) is 0. The number of thioether (sulfide) groups is 1. The maximum Gasteiger partial charge on any atom is 0.355 e. The van der Waals surface area contributed by atoms with Crippen LogP contribution < -0.4 is 10.6 Å². The summed E-state index contributed by atoms with van der Waals surface area (Å²) in [4.78, 5) is 63.6. The van der Waals surface area contributed by atoms with Crippen molar-refractivity contribution >= 4 is 41.9 Å². The number of hydrogen-bond acceptors (Lipinski definition) is 7. The van der Waals surface area contributed by atoms with Gasteiger partial charge in [0.1, 0.15) is 12.1 Å². The SMILES string of the molecule is CSCC[C@H](NC=O)C(=O)N[C@@H](CC(C)C)C(=O)ON1C(=O)CCC1=O. The second kappa shape index (κ2) is 10.8. The molecule has 1 fully saturated rings. The van der Waals surface area contributed by atoms with E-state index in [1.54, 1.807) is 0 Å². The molecule has 26 heavy (non-hydrogen) atoms. The van der Waals surface area contributed by atoms with E-state index in [0.717, 1.165) is 0 Å². The van der Waals surface area contributed by atoms with E-state index in [1.165, 1.54) is 11.8 Å². The van der Waals surface area contributed by atoms with Crippen molar-refractivity contribution in [2.45, 2.75) is 51.6 Å². The summed E-state index contributed by atoms with van der Waals surface area (Å²) in [6.07, 6.45) is 2.96. The average molecular weight is 387 g/mol. The molecule has 1 aliphatic rings. The molecule has 0 spiro atoms. The van der Waals surface area contributed by atoms with Crippen LogP contribution in [0.25, 0.3) is 0 Å². The highest BCUT2D eigenvalue weighted by Gasteiger charge is 2.36. The number of nitrogens with zero attached hydrogens (tertiary/aromatic N) is 1. The van der Waals surface area contributed by atoms with Crippen LogP contribution in [0.2, 0.25) is 0 Å². The van der Waals surface area contributed by atoms with Crippen LogP contribution in [0.3, 0.4) is 0 Å². The van der Waals surface area contributed by atoms with Gasteiger partial charge in [0.25, 0.3) is 11.8 Å². The first kappa shape index (κ1) is 21.9. The van der Waals surface area contributed by atoms with Crippen LogP contribution in [-0.4, -0.2) is 59.3 Å². The van der Waals surface area contributed by atoms with E-state index in [-0.39, 0.29) is 25.2 Å². The molecule has 0 unspecified atom stereocenters. The van der Waals surface area contributed by atoms with E-state index < -0.39 is 35.8 Å². The Morgan fingerprint density at radius 1 is 1.23 bits per heavy atom. The fourth-order valence-electron chi connectivity index (χ4n) is 2.38. The zero-order valence-corrected chi connectivity index (χ0v) is 16.0. The van der Waals surface area contributed by atoms with Crippen molar-refractivity contribution in [1.82, 2.24) is 15.7 Å². The van der Waals surface area contributed by atoms with Crippen molar-refractivity contribution in [3.63, 3.8) is 0 Å². The molecule has 2 atom stereocenters. The molecular formula is C16H25N3O6S. The lowest BCUT2D eigenvalue weighted by Gasteiger charge is -2.23. The van der Waals surface area contributed by atoms with Gasteiger partial charge in [0, 0.05) is 12.8 Å². The van der Waals surface area contributed by atoms with E-state index >= 15 is 0 Å². The molecule has 2 N–H and O–H groups in total. The molecule has 1 heterocycles. The number of hydroxylamine groups is 2. The maximum absolute atomic E-state index is 12.4. The third-order valence-electron chi connectivity index (χ3n) is 3.69. The molecule has 1 rings (SSSR count). The highest BCUT2D eigenvalue weighted by molar-refractivity contribution is 7.98. The van der Waals surface area contributed by atoms with Crippen molar-refractivity contribution in [3.8, 4) is 0 Å². The van der Waals surface area contributed by atoms with Crippen LogP contribution in [0.4, 0.5) is 0 Å². The topological polar surface area (TPSA) is 122 Å². The third-order valence-corrected chi connectivity index (χ3v) is 4.34. The van der Waals surface area contributed by atoms with Gasteiger partial charge in [-0.1, -0.05) is 13.8 Å². The monoisotopic (exact) mass is 387 g/mol. The van der Waals surface area contributed by atoms with Gasteiger partial charge in [-0.3, -0.25) is 19.2 Å². The molecule has 0 aromatic heterocycles. The number of hydrogen-bond donors (Lipinski definition) is 2. The number of imide groups is 1. The normalized spacial score (nSPS) is 16.4. The van der Waals surface area contributed by atoms with E-state index in [4.69, 9.17) is 4.84 Å². The van der Waals surface area contributed by atoms with E-state index in [2.05, 4.69) is 10.6 Å². The summed E-state index contributed by atoms with van der Waals surface area (Å²) < 4.78 is 0. The maximum atomic E-state index is 12.4. The number of rotatable bonds is 11. The van der Waals surface area contributed by atoms with Crippen LogP contribution in [0.1, 0.15) is 39.5 Å². The molecule has 0 aliphatic carbocycles. The molecule has 1 aliphatic heterocycles. The largest absolute Gasteiger partial charge is 0.355 e. The van der Waals surface area contributed by atoms with Crippen molar-refractivity contribution < 1.29 is 28.8 Å². The highest BCUT2D eigenvalue weighted by Crippen LogP contribution is 2.15. The lowest BCUT2D eigenvalue weighted by Crippen LogP contribution is -2.52. The lowest BCUT2D eigenvalue weighted by atomic mass is 10.0. The van der Waals surface area contributed by atoms with Gasteiger partial charge in [-0.15, -0.1) is 5.06 Å². The van der Waals surface area contributed by atoms with E-state index in [0.29, 0.717) is 23.6 Å². The van der Waals surface area contributed by atoms with Crippen LogP contribution in [-0.2, 0) is 28.8 Å². The zero-order chi connectivity index (χ0) is 19.7. The Balaban J connectivity index is 2.79. The number of carbonyl (C=O) groups is 5. The third kappa shape index (κ3) is 6.66. The Morgan fingerprint density at radius 2 is 1.85 bits per heavy atom. The van der Waals surface area contributed by atoms with Gasteiger partial charge in [0.2, 0.25) is 12.3 Å². The summed E-state index contributed by atoms with van der Waals surface area (Å²) in [5.74, 6) is -1.88. The summed E-state index contributed by atoms with van der Waals surface area (Å²) in [6.45, 7) is 3.71. The second-order valence-corrected chi connectivity index (χ2v) is 7.29. The summed E-state index contributed by atoms with van der Waals surface area (Å²) in [5, 5.41) is 5.43. The molecule has 146 valence electrons. The molecule has 10 heteroatoms. The lowest BCUT2D eigenvalue weighted by molar-refractivity contribution is -0.199. The predicted molar refractivity (Wildman–Crippen MR) is 94.6 cm³/mol. The minimum atomic E-state index is -1.03. The van der Waals surface area contributed by atoms with Crippen molar-refractivity contribution in [1.29, 1.82) is 0 Å².